The first kappa shape index (κ1) is 15.4. The molecule has 3 rings (SSSR count). The molecule has 1 aliphatic heterocycles. The Bertz CT molecular complexity index is 779. The van der Waals surface area contributed by atoms with Crippen molar-refractivity contribution >= 4 is 34.6 Å². The predicted octanol–water partition coefficient (Wildman–Crippen LogP) is 1.17. The number of ketones is 1. The minimum absolute atomic E-state index is 0.0288. The van der Waals surface area contributed by atoms with Crippen LogP contribution in [0.15, 0.2) is 24.5 Å². The van der Waals surface area contributed by atoms with Crippen LogP contribution in [0.1, 0.15) is 26.3 Å². The molecule has 8 heteroatoms. The van der Waals surface area contributed by atoms with Gasteiger partial charge in [-0.25, -0.2) is 0 Å². The number of hydrogen-bond acceptors (Lipinski definition) is 5. The molecule has 0 aromatic carbocycles. The van der Waals surface area contributed by atoms with Crippen LogP contribution in [0.25, 0.3) is 0 Å². The number of rotatable bonds is 3. The van der Waals surface area contributed by atoms with Crippen LogP contribution in [0.2, 0.25) is 0 Å². The highest BCUT2D eigenvalue weighted by molar-refractivity contribution is 7.15. The maximum Gasteiger partial charge on any atom is 0.264 e. The Kier molecular flexibility index (Phi) is 3.99. The van der Waals surface area contributed by atoms with Gasteiger partial charge in [0.15, 0.2) is 5.78 Å². The molecule has 2 amide bonds. The highest BCUT2D eigenvalue weighted by Crippen LogP contribution is 2.21. The van der Waals surface area contributed by atoms with Gasteiger partial charge in [-0.1, -0.05) is 0 Å². The first-order valence-corrected chi connectivity index (χ1v) is 7.96. The van der Waals surface area contributed by atoms with Gasteiger partial charge < -0.3 is 9.80 Å². The lowest BCUT2D eigenvalue weighted by Crippen LogP contribution is -2.52. The van der Waals surface area contributed by atoms with Crippen LogP contribution in [-0.4, -0.2) is 51.9 Å². The van der Waals surface area contributed by atoms with Crippen LogP contribution in [0.5, 0.6) is 0 Å². The van der Waals surface area contributed by atoms with Crippen molar-refractivity contribution in [1.29, 1.82) is 0 Å². The maximum absolute atomic E-state index is 12.5. The number of anilines is 1. The van der Waals surface area contributed by atoms with Crippen LogP contribution in [0, 0.1) is 0 Å². The fourth-order valence-corrected chi connectivity index (χ4v) is 3.33. The van der Waals surface area contributed by atoms with E-state index in [4.69, 9.17) is 0 Å². The largest absolute Gasteiger partial charge is 0.327 e. The molecule has 0 aliphatic carbocycles. The minimum atomic E-state index is -0.207. The van der Waals surface area contributed by atoms with E-state index in [1.54, 1.807) is 41.2 Å². The molecular weight excluding hydrogens is 316 g/mol. The summed E-state index contributed by atoms with van der Waals surface area (Å²) in [6, 6.07) is 3.29. The van der Waals surface area contributed by atoms with Gasteiger partial charge in [0.05, 0.1) is 21.6 Å². The van der Waals surface area contributed by atoms with Crippen molar-refractivity contribution in [3.63, 3.8) is 0 Å². The molecule has 23 heavy (non-hydrogen) atoms. The number of hydrogen-bond donors (Lipinski definition) is 0. The summed E-state index contributed by atoms with van der Waals surface area (Å²) >= 11 is 1.17. The molecule has 1 saturated heterocycles. The van der Waals surface area contributed by atoms with Gasteiger partial charge in [-0.3, -0.25) is 19.1 Å². The smallest absolute Gasteiger partial charge is 0.264 e. The third-order valence-corrected chi connectivity index (χ3v) is 4.85. The lowest BCUT2D eigenvalue weighted by molar-refractivity contribution is -0.120. The van der Waals surface area contributed by atoms with Gasteiger partial charge in [0.1, 0.15) is 6.54 Å². The van der Waals surface area contributed by atoms with Gasteiger partial charge in [-0.15, -0.1) is 11.3 Å². The number of amides is 2. The molecule has 0 bridgehead atoms. The number of aromatic nitrogens is 2. The van der Waals surface area contributed by atoms with Gasteiger partial charge in [0.25, 0.3) is 5.91 Å². The monoisotopic (exact) mass is 332 g/mol. The van der Waals surface area contributed by atoms with Crippen molar-refractivity contribution in [2.75, 3.05) is 24.5 Å². The quantitative estimate of drug-likeness (QED) is 0.791. The summed E-state index contributed by atoms with van der Waals surface area (Å²) in [6.07, 6.45) is 3.40. The molecule has 0 N–H and O–H groups in total. The zero-order chi connectivity index (χ0) is 16.6. The molecule has 0 atom stereocenters. The van der Waals surface area contributed by atoms with Gasteiger partial charge in [0, 0.05) is 26.3 Å². The van der Waals surface area contributed by atoms with Crippen LogP contribution >= 0.6 is 11.3 Å². The van der Waals surface area contributed by atoms with E-state index in [1.807, 2.05) is 0 Å². The third kappa shape index (κ3) is 3.02. The normalized spacial score (nSPS) is 15.1. The Morgan fingerprint density at radius 3 is 2.52 bits per heavy atom. The fraction of sp³-hybridized carbons (Fsp3) is 0.333. The molecular formula is C15H16N4O3S. The summed E-state index contributed by atoms with van der Waals surface area (Å²) in [5.41, 5.74) is 0.736. The standard InChI is InChI=1S/C15H16N4O3S/c1-10(20)12-3-4-13(23-12)15(22)18-5-6-19(14(21)9-18)11-7-16-17(2)8-11/h3-4,7-8H,5-6,9H2,1-2H3. The van der Waals surface area contributed by atoms with Crippen LogP contribution in [0.3, 0.4) is 0 Å². The van der Waals surface area contributed by atoms with Crippen LogP contribution < -0.4 is 4.90 Å². The molecule has 2 aromatic rings. The van der Waals surface area contributed by atoms with Crippen molar-refractivity contribution in [3.05, 3.63) is 34.3 Å². The molecule has 7 nitrogen and oxygen atoms in total. The first-order chi connectivity index (χ1) is 11.0. The lowest BCUT2D eigenvalue weighted by Gasteiger charge is -2.33. The Balaban J connectivity index is 1.70. The predicted molar refractivity (Wildman–Crippen MR) is 85.8 cm³/mol. The van der Waals surface area contributed by atoms with Gasteiger partial charge >= 0.3 is 0 Å². The van der Waals surface area contributed by atoms with Crippen molar-refractivity contribution in [3.8, 4) is 0 Å². The molecule has 0 saturated carbocycles. The van der Waals surface area contributed by atoms with Gasteiger partial charge in [0.2, 0.25) is 5.91 Å². The highest BCUT2D eigenvalue weighted by Gasteiger charge is 2.29. The van der Waals surface area contributed by atoms with Gasteiger partial charge in [-0.05, 0) is 19.1 Å². The summed E-state index contributed by atoms with van der Waals surface area (Å²) < 4.78 is 1.63. The summed E-state index contributed by atoms with van der Waals surface area (Å²) in [4.78, 5) is 40.3. The van der Waals surface area contributed by atoms with Crippen molar-refractivity contribution in [1.82, 2.24) is 14.7 Å². The van der Waals surface area contributed by atoms with Crippen molar-refractivity contribution in [2.24, 2.45) is 7.05 Å². The van der Waals surface area contributed by atoms with E-state index in [9.17, 15) is 14.4 Å². The van der Waals surface area contributed by atoms with Crippen molar-refractivity contribution in [2.45, 2.75) is 6.92 Å². The third-order valence-electron chi connectivity index (χ3n) is 3.67. The fourth-order valence-electron chi connectivity index (χ4n) is 2.47. The Morgan fingerprint density at radius 2 is 1.96 bits per heavy atom. The Labute approximate surface area is 137 Å². The van der Waals surface area contributed by atoms with E-state index in [0.29, 0.717) is 22.8 Å². The van der Waals surface area contributed by atoms with E-state index in [0.717, 1.165) is 5.69 Å². The summed E-state index contributed by atoms with van der Waals surface area (Å²) in [5, 5.41) is 4.06. The molecule has 1 aliphatic rings. The molecule has 120 valence electrons. The van der Waals surface area contributed by atoms with E-state index < -0.39 is 0 Å². The number of thiophene rings is 1. The number of carbonyl (C=O) groups excluding carboxylic acids is 3. The van der Waals surface area contributed by atoms with E-state index in [-0.39, 0.29) is 24.1 Å². The summed E-state index contributed by atoms with van der Waals surface area (Å²) in [5.74, 6) is -0.408. The number of carbonyl (C=O) groups is 3. The number of Topliss-reactive ketones (excluding diaryl/α,β-unsaturated/α-hetero) is 1. The minimum Gasteiger partial charge on any atom is -0.327 e. The topological polar surface area (TPSA) is 75.5 Å². The second kappa shape index (κ2) is 5.96. The molecule has 3 heterocycles. The second-order valence-electron chi connectivity index (χ2n) is 5.36. The maximum atomic E-state index is 12.5. The number of nitrogens with zero attached hydrogens (tertiary/aromatic N) is 4. The lowest BCUT2D eigenvalue weighted by atomic mass is 10.2. The Morgan fingerprint density at radius 1 is 1.22 bits per heavy atom. The average molecular weight is 332 g/mol. The van der Waals surface area contributed by atoms with E-state index >= 15 is 0 Å². The molecule has 0 spiro atoms. The number of aryl methyl sites for hydroxylation is 1. The van der Waals surface area contributed by atoms with Crippen molar-refractivity contribution < 1.29 is 14.4 Å². The summed E-state index contributed by atoms with van der Waals surface area (Å²) in [6.45, 7) is 2.38. The molecule has 2 aromatic heterocycles. The van der Waals surface area contributed by atoms with Crippen LogP contribution in [-0.2, 0) is 11.8 Å². The average Bonchev–Trinajstić information content (AvgIpc) is 3.15. The summed E-state index contributed by atoms with van der Waals surface area (Å²) in [7, 11) is 1.79. The second-order valence-corrected chi connectivity index (χ2v) is 6.45. The SMILES string of the molecule is CC(=O)c1ccc(C(=O)N2CCN(c3cnn(C)c3)C(=O)C2)s1. The Hall–Kier alpha value is -2.48. The highest BCUT2D eigenvalue weighted by atomic mass is 32.1. The van der Waals surface area contributed by atoms with E-state index in [2.05, 4.69) is 5.10 Å². The molecule has 1 fully saturated rings. The van der Waals surface area contributed by atoms with E-state index in [1.165, 1.54) is 23.2 Å². The van der Waals surface area contributed by atoms with Crippen LogP contribution in [0.4, 0.5) is 5.69 Å². The molecule has 0 radical (unpaired) electrons. The first-order valence-electron chi connectivity index (χ1n) is 7.15. The van der Waals surface area contributed by atoms with Gasteiger partial charge in [-0.2, -0.15) is 5.10 Å². The zero-order valence-electron chi connectivity index (χ0n) is 12.9. The molecule has 0 unspecified atom stereocenters. The number of piperazine rings is 1. The zero-order valence-corrected chi connectivity index (χ0v) is 13.7.